The van der Waals surface area contributed by atoms with Gasteiger partial charge in [-0.05, 0) is 76.9 Å². The van der Waals surface area contributed by atoms with E-state index in [4.69, 9.17) is 18.9 Å². The minimum absolute atomic E-state index is 0.0266. The van der Waals surface area contributed by atoms with Crippen molar-refractivity contribution in [3.05, 3.63) is 181 Å². The van der Waals surface area contributed by atoms with Crippen molar-refractivity contribution in [2.75, 3.05) is 62.4 Å². The monoisotopic (exact) mass is 946 g/mol. The lowest BCUT2D eigenvalue weighted by molar-refractivity contribution is -0.146. The van der Waals surface area contributed by atoms with Crippen molar-refractivity contribution in [1.29, 1.82) is 0 Å². The molecule has 0 amide bonds. The fraction of sp³-hybridized carbons (Fsp3) is 0.345. The molecule has 0 heterocycles. The third kappa shape index (κ3) is 20.9. The Bertz CT molecular complexity index is 2020. The highest BCUT2D eigenvalue weighted by Gasteiger charge is 2.21. The molecule has 4 rings (SSSR count). The normalized spacial score (nSPS) is 12.6. The van der Waals surface area contributed by atoms with E-state index in [1.54, 1.807) is 9.80 Å². The third-order valence-electron chi connectivity index (χ3n) is 10.6. The molecule has 69 heavy (non-hydrogen) atoms. The summed E-state index contributed by atoms with van der Waals surface area (Å²) in [6.45, 7) is 13.4. The maximum atomic E-state index is 11.8. The van der Waals surface area contributed by atoms with E-state index in [-0.39, 0.29) is 78.3 Å². The van der Waals surface area contributed by atoms with E-state index in [9.17, 15) is 39.6 Å². The fourth-order valence-electron chi connectivity index (χ4n) is 7.17. The highest BCUT2D eigenvalue weighted by Crippen LogP contribution is 2.22. The molecule has 14 heteroatoms. The summed E-state index contributed by atoms with van der Waals surface area (Å²) >= 11 is 0. The molecule has 4 aromatic carbocycles. The van der Waals surface area contributed by atoms with Gasteiger partial charge in [0.25, 0.3) is 0 Å². The molecular weight excluding hydrogens is 881 g/mol. The standard InChI is InChI=1S/C55H66N2O12/c1-5-9-52(62)66-36-48(58)32-56(33-49(59)37-67-53(63)10-6-2)46-25-21-44(22-26-46)30-42-17-13-40(14-18-42)29-41-15-19-43(20-16-41)31-45-23-27-47(28-24-45)57(34-50(60)38-68-54(64)11-7-3)35-51(61)39-69-55(65)12-8-4/h5-8,13-28,48-51,58-61H,1-4,9-12,29-39H2. The Balaban J connectivity index is 1.33. The van der Waals surface area contributed by atoms with Gasteiger partial charge >= 0.3 is 23.9 Å². The summed E-state index contributed by atoms with van der Waals surface area (Å²) in [5.74, 6) is -2.01. The Morgan fingerprint density at radius 3 is 0.754 bits per heavy atom. The molecule has 0 fully saturated rings. The largest absolute Gasteiger partial charge is 0.463 e. The Labute approximate surface area is 405 Å². The minimum Gasteiger partial charge on any atom is -0.463 e. The summed E-state index contributed by atoms with van der Waals surface area (Å²) < 4.78 is 20.5. The summed E-state index contributed by atoms with van der Waals surface area (Å²) in [5, 5.41) is 42.8. The highest BCUT2D eigenvalue weighted by atomic mass is 16.6. The lowest BCUT2D eigenvalue weighted by atomic mass is 9.98. The molecule has 0 spiro atoms. The van der Waals surface area contributed by atoms with Crippen LogP contribution in [0.1, 0.15) is 59.1 Å². The van der Waals surface area contributed by atoms with E-state index in [0.29, 0.717) is 12.8 Å². The molecule has 14 nitrogen and oxygen atoms in total. The second-order valence-electron chi connectivity index (χ2n) is 16.6. The highest BCUT2D eigenvalue weighted by molar-refractivity contribution is 5.72. The first-order chi connectivity index (χ1) is 33.3. The second-order valence-corrected chi connectivity index (χ2v) is 16.6. The molecule has 0 aliphatic heterocycles. The lowest BCUT2D eigenvalue weighted by Crippen LogP contribution is -2.41. The summed E-state index contributed by atoms with van der Waals surface area (Å²) in [7, 11) is 0. The smallest absolute Gasteiger partial charge is 0.309 e. The Kier molecular flexibility index (Phi) is 23.7. The summed E-state index contributed by atoms with van der Waals surface area (Å²) in [6.07, 6.45) is 3.76. The van der Waals surface area contributed by atoms with E-state index in [1.165, 1.54) is 35.4 Å². The fourth-order valence-corrected chi connectivity index (χ4v) is 7.17. The average Bonchev–Trinajstić information content (AvgIpc) is 3.33. The molecule has 0 aromatic heterocycles. The number of carbonyl (C=O) groups is 4. The van der Waals surface area contributed by atoms with Gasteiger partial charge in [-0.1, -0.05) is 97.1 Å². The van der Waals surface area contributed by atoms with E-state index < -0.39 is 48.3 Å². The Hall–Kier alpha value is -6.84. The first-order valence-electron chi connectivity index (χ1n) is 22.9. The van der Waals surface area contributed by atoms with Crippen molar-refractivity contribution in [1.82, 2.24) is 0 Å². The molecule has 0 aliphatic rings. The first-order valence-corrected chi connectivity index (χ1v) is 22.9. The maximum Gasteiger partial charge on any atom is 0.309 e. The molecular formula is C55H66N2O12. The van der Waals surface area contributed by atoms with Gasteiger partial charge in [-0.15, -0.1) is 26.3 Å². The van der Waals surface area contributed by atoms with Crippen molar-refractivity contribution >= 4 is 35.3 Å². The number of carbonyl (C=O) groups excluding carboxylic acids is 4. The predicted octanol–water partition coefficient (Wildman–Crippen LogP) is 5.99. The average molecular weight is 947 g/mol. The SMILES string of the molecule is C=CCC(=O)OCC(O)CN(CC(O)COC(=O)CC=C)c1ccc(Cc2ccc(Cc3ccc(Cc4ccc(N(CC(O)COC(=O)CC=C)CC(O)COC(=O)CC=C)cc4)cc3)cc2)cc1. The topological polar surface area (TPSA) is 193 Å². The molecule has 0 saturated carbocycles. The summed E-state index contributed by atoms with van der Waals surface area (Å²) in [4.78, 5) is 50.8. The van der Waals surface area contributed by atoms with Crippen molar-refractivity contribution < 1.29 is 58.6 Å². The zero-order chi connectivity index (χ0) is 50.0. The first kappa shape index (κ1) is 54.8. The van der Waals surface area contributed by atoms with Gasteiger partial charge in [0.05, 0.1) is 25.7 Å². The van der Waals surface area contributed by atoms with Gasteiger partial charge in [0.2, 0.25) is 0 Å². The number of rotatable bonds is 32. The molecule has 368 valence electrons. The van der Waals surface area contributed by atoms with Crippen LogP contribution >= 0.6 is 0 Å². The Morgan fingerprint density at radius 2 is 0.565 bits per heavy atom. The second kappa shape index (κ2) is 29.8. The number of aliphatic hydroxyl groups is 4. The van der Waals surface area contributed by atoms with Crippen LogP contribution in [-0.4, -0.2) is 121 Å². The van der Waals surface area contributed by atoms with Crippen LogP contribution in [0.4, 0.5) is 11.4 Å². The third-order valence-corrected chi connectivity index (χ3v) is 10.6. The lowest BCUT2D eigenvalue weighted by Gasteiger charge is -2.29. The van der Waals surface area contributed by atoms with E-state index in [1.807, 2.05) is 48.5 Å². The zero-order valence-corrected chi connectivity index (χ0v) is 39.2. The molecule has 0 bridgehead atoms. The molecule has 0 radical (unpaired) electrons. The Morgan fingerprint density at radius 1 is 0.377 bits per heavy atom. The van der Waals surface area contributed by atoms with Crippen LogP contribution in [0.25, 0.3) is 0 Å². The maximum absolute atomic E-state index is 11.8. The number of aliphatic hydroxyl groups excluding tert-OH is 4. The summed E-state index contributed by atoms with van der Waals surface area (Å²) in [5.41, 5.74) is 8.15. The molecule has 4 aromatic rings. The van der Waals surface area contributed by atoms with E-state index in [2.05, 4.69) is 74.8 Å². The molecule has 0 saturated heterocycles. The number of hydrogen-bond donors (Lipinski definition) is 4. The van der Waals surface area contributed by atoms with Crippen LogP contribution in [0, 0.1) is 0 Å². The number of anilines is 2. The zero-order valence-electron chi connectivity index (χ0n) is 39.2. The van der Waals surface area contributed by atoms with E-state index >= 15 is 0 Å². The predicted molar refractivity (Wildman–Crippen MR) is 266 cm³/mol. The number of esters is 4. The van der Waals surface area contributed by atoms with Crippen LogP contribution in [0.2, 0.25) is 0 Å². The van der Waals surface area contributed by atoms with Gasteiger partial charge in [0.1, 0.15) is 50.8 Å². The van der Waals surface area contributed by atoms with Crippen molar-refractivity contribution in [2.24, 2.45) is 0 Å². The van der Waals surface area contributed by atoms with Crippen LogP contribution in [0.15, 0.2) is 148 Å². The van der Waals surface area contributed by atoms with Crippen LogP contribution in [-0.2, 0) is 57.4 Å². The van der Waals surface area contributed by atoms with Crippen LogP contribution in [0.5, 0.6) is 0 Å². The molecule has 4 atom stereocenters. The molecule has 0 aliphatic carbocycles. The molecule has 4 unspecified atom stereocenters. The number of ether oxygens (including phenoxy) is 4. The van der Waals surface area contributed by atoms with Gasteiger partial charge in [-0.3, -0.25) is 19.2 Å². The number of hydrogen-bond acceptors (Lipinski definition) is 14. The van der Waals surface area contributed by atoms with Gasteiger partial charge in [0.15, 0.2) is 0 Å². The minimum atomic E-state index is -1.04. The van der Waals surface area contributed by atoms with Gasteiger partial charge in [-0.2, -0.15) is 0 Å². The number of benzene rings is 4. The van der Waals surface area contributed by atoms with Crippen LogP contribution in [0.3, 0.4) is 0 Å². The van der Waals surface area contributed by atoms with Crippen molar-refractivity contribution in [3.8, 4) is 0 Å². The van der Waals surface area contributed by atoms with Gasteiger partial charge in [-0.25, -0.2) is 0 Å². The van der Waals surface area contributed by atoms with Crippen molar-refractivity contribution in [3.63, 3.8) is 0 Å². The van der Waals surface area contributed by atoms with Gasteiger partial charge in [0, 0.05) is 37.6 Å². The molecule has 4 N–H and O–H groups in total. The quantitative estimate of drug-likeness (QED) is 0.0254. The van der Waals surface area contributed by atoms with Crippen LogP contribution < -0.4 is 9.80 Å². The van der Waals surface area contributed by atoms with Gasteiger partial charge < -0.3 is 49.2 Å². The summed E-state index contributed by atoms with van der Waals surface area (Å²) in [6, 6.07) is 32.5. The van der Waals surface area contributed by atoms with Crippen molar-refractivity contribution in [2.45, 2.75) is 69.4 Å². The number of nitrogens with zero attached hydrogens (tertiary/aromatic N) is 2. The van der Waals surface area contributed by atoms with E-state index in [0.717, 1.165) is 40.0 Å².